The third-order valence-electron chi connectivity index (χ3n) is 2.61. The van der Waals surface area contributed by atoms with Gasteiger partial charge in [0.1, 0.15) is 5.75 Å². The summed E-state index contributed by atoms with van der Waals surface area (Å²) < 4.78 is 17.1. The van der Waals surface area contributed by atoms with Gasteiger partial charge in [0.25, 0.3) is 0 Å². The van der Waals surface area contributed by atoms with E-state index in [4.69, 9.17) is 4.52 Å². The molecule has 0 fully saturated rings. The minimum absolute atomic E-state index is 0. The number of hydrogen-bond acceptors (Lipinski definition) is 2. The van der Waals surface area contributed by atoms with Crippen LogP contribution in [0.3, 0.4) is 0 Å². The fourth-order valence-corrected chi connectivity index (χ4v) is 3.20. The maximum absolute atomic E-state index is 12.0. The molecule has 1 unspecified atom stereocenters. The molecule has 0 aliphatic carbocycles. The number of para-hydroxylation sites is 1. The molecule has 5 heteroatoms. The molecule has 1 atom stereocenters. The van der Waals surface area contributed by atoms with Gasteiger partial charge in [-0.15, -0.1) is 0 Å². The van der Waals surface area contributed by atoms with Crippen molar-refractivity contribution >= 4 is 36.0 Å². The Labute approximate surface area is 118 Å². The zero-order valence-electron chi connectivity index (χ0n) is 11.0. The molecular weight excluding hydrogens is 247 g/mol. The third-order valence-corrected chi connectivity index (χ3v) is 4.05. The third kappa shape index (κ3) is 2.02. The van der Waals surface area contributed by atoms with Crippen molar-refractivity contribution in [2.24, 2.45) is 0 Å². The van der Waals surface area contributed by atoms with E-state index in [0.29, 0.717) is 11.1 Å². The summed E-state index contributed by atoms with van der Waals surface area (Å²) in [4.78, 5) is 9.81. The molecule has 0 saturated carbocycles. The summed E-state index contributed by atoms with van der Waals surface area (Å²) in [5.41, 5.74) is 1.63. The van der Waals surface area contributed by atoms with Crippen LogP contribution in [0.5, 0.6) is 5.75 Å². The molecule has 17 heavy (non-hydrogen) atoms. The second-order valence-electron chi connectivity index (χ2n) is 3.63. The molecular formula is C12H11MgO3P. The van der Waals surface area contributed by atoms with Crippen LogP contribution in [0.2, 0.25) is 0 Å². The average molecular weight is 258 g/mol. The van der Waals surface area contributed by atoms with Crippen LogP contribution in [0.15, 0.2) is 48.5 Å². The van der Waals surface area contributed by atoms with E-state index < -0.39 is 7.60 Å². The van der Waals surface area contributed by atoms with E-state index in [1.807, 2.05) is 24.3 Å². The molecule has 0 saturated heterocycles. The van der Waals surface area contributed by atoms with E-state index in [1.165, 1.54) is 0 Å². The molecule has 1 aliphatic heterocycles. The van der Waals surface area contributed by atoms with Crippen LogP contribution in [0.25, 0.3) is 11.1 Å². The van der Waals surface area contributed by atoms with Crippen molar-refractivity contribution in [1.29, 1.82) is 0 Å². The van der Waals surface area contributed by atoms with Crippen molar-refractivity contribution in [2.75, 3.05) is 0 Å². The van der Waals surface area contributed by atoms with Crippen molar-refractivity contribution in [3.05, 3.63) is 48.5 Å². The second-order valence-corrected chi connectivity index (χ2v) is 5.33. The second kappa shape index (κ2) is 4.46. The number of rotatable bonds is 0. The van der Waals surface area contributed by atoms with Crippen molar-refractivity contribution < 1.29 is 16.8 Å². The first kappa shape index (κ1) is 12.6. The first-order valence-electron chi connectivity index (χ1n) is 4.90. The largest absolute Gasteiger partial charge is 2.00 e. The topological polar surface area (TPSA) is 46.5 Å². The zero-order chi connectivity index (χ0) is 11.2. The maximum atomic E-state index is 12.0. The smallest absolute Gasteiger partial charge is 1.00 e. The number of fused-ring (bicyclic) bond motifs is 3. The normalized spacial score (nSPS) is 20.5. The van der Waals surface area contributed by atoms with E-state index in [-0.39, 0.29) is 25.9 Å². The van der Waals surface area contributed by atoms with Crippen molar-refractivity contribution in [3.63, 3.8) is 0 Å². The van der Waals surface area contributed by atoms with Crippen LogP contribution in [0.4, 0.5) is 0 Å². The number of benzene rings is 2. The van der Waals surface area contributed by atoms with Gasteiger partial charge in [-0.05, 0) is 12.1 Å². The molecule has 0 spiro atoms. The molecule has 3 rings (SSSR count). The summed E-state index contributed by atoms with van der Waals surface area (Å²) in [5.74, 6) is 0.465. The molecule has 3 nitrogen and oxygen atoms in total. The molecule has 0 bridgehead atoms. The van der Waals surface area contributed by atoms with Crippen molar-refractivity contribution in [2.45, 2.75) is 0 Å². The van der Waals surface area contributed by atoms with Crippen LogP contribution < -0.4 is 9.83 Å². The van der Waals surface area contributed by atoms with E-state index in [0.717, 1.165) is 11.1 Å². The molecule has 0 aromatic heterocycles. The van der Waals surface area contributed by atoms with Gasteiger partial charge in [-0.1, -0.05) is 36.4 Å². The van der Waals surface area contributed by atoms with E-state index in [9.17, 15) is 9.46 Å². The van der Waals surface area contributed by atoms with Gasteiger partial charge in [0.05, 0.1) is 5.30 Å². The van der Waals surface area contributed by atoms with Gasteiger partial charge in [-0.25, -0.2) is 4.57 Å². The molecule has 1 N–H and O–H groups in total. The van der Waals surface area contributed by atoms with Gasteiger partial charge < -0.3 is 12.3 Å². The van der Waals surface area contributed by atoms with Gasteiger partial charge in [-0.2, -0.15) is 0 Å². The first-order valence-corrected chi connectivity index (χ1v) is 6.48. The summed E-state index contributed by atoms with van der Waals surface area (Å²) in [7, 11) is -3.71. The van der Waals surface area contributed by atoms with Gasteiger partial charge in [0.2, 0.25) is 0 Å². The molecule has 0 amide bonds. The standard InChI is InChI=1S/C12H9O3P.Mg.2H/c13-16(14)12-8-4-2-6-10(12)9-5-1-3-7-11(9)15-16;;;/h1-8H,(H,13,14);;;/q;+2;2*-1. The quantitative estimate of drug-likeness (QED) is 0.583. The molecule has 1 heterocycles. The van der Waals surface area contributed by atoms with Crippen LogP contribution in [-0.4, -0.2) is 27.9 Å². The van der Waals surface area contributed by atoms with E-state index >= 15 is 0 Å². The maximum Gasteiger partial charge on any atom is 2.00 e. The monoisotopic (exact) mass is 258 g/mol. The summed E-state index contributed by atoms with van der Waals surface area (Å²) in [5, 5.41) is 0.369. The van der Waals surface area contributed by atoms with Gasteiger partial charge >= 0.3 is 30.6 Å². The predicted octanol–water partition coefficient (Wildman–Crippen LogP) is 2.40. The molecule has 2 aromatic carbocycles. The Morgan fingerprint density at radius 3 is 2.35 bits per heavy atom. The van der Waals surface area contributed by atoms with E-state index in [2.05, 4.69) is 0 Å². The Balaban J connectivity index is 0.00000108. The van der Waals surface area contributed by atoms with Gasteiger partial charge in [0, 0.05) is 11.1 Å². The Morgan fingerprint density at radius 2 is 1.59 bits per heavy atom. The minimum Gasteiger partial charge on any atom is -1.00 e. The molecule has 84 valence electrons. The van der Waals surface area contributed by atoms with Crippen LogP contribution in [0.1, 0.15) is 2.85 Å². The Hall–Kier alpha value is -0.804. The van der Waals surface area contributed by atoms with Crippen LogP contribution in [-0.2, 0) is 4.57 Å². The summed E-state index contributed by atoms with van der Waals surface area (Å²) in [6, 6.07) is 14.3. The minimum atomic E-state index is -3.71. The summed E-state index contributed by atoms with van der Waals surface area (Å²) >= 11 is 0. The molecule has 0 radical (unpaired) electrons. The number of hydrogen-bond donors (Lipinski definition) is 1. The fraction of sp³-hybridized carbons (Fsp3) is 0. The van der Waals surface area contributed by atoms with Gasteiger partial charge in [0.15, 0.2) is 0 Å². The van der Waals surface area contributed by atoms with Crippen molar-refractivity contribution in [3.8, 4) is 16.9 Å². The fourth-order valence-electron chi connectivity index (χ4n) is 1.90. The predicted molar refractivity (Wildman–Crippen MR) is 69.9 cm³/mol. The summed E-state index contributed by atoms with van der Waals surface area (Å²) in [6.07, 6.45) is 0. The van der Waals surface area contributed by atoms with Crippen LogP contribution in [0, 0.1) is 0 Å². The Bertz CT molecular complexity index is 621. The average Bonchev–Trinajstić information content (AvgIpc) is 2.29. The SMILES string of the molecule is O=P1(O)Oc2ccccc2-c2ccccc21.[H-].[H-].[Mg+2]. The molecule has 2 aromatic rings. The Kier molecular flexibility index (Phi) is 3.32. The Morgan fingerprint density at radius 1 is 1.00 bits per heavy atom. The van der Waals surface area contributed by atoms with Crippen molar-refractivity contribution in [1.82, 2.24) is 0 Å². The van der Waals surface area contributed by atoms with E-state index in [1.54, 1.807) is 24.3 Å². The molecule has 1 aliphatic rings. The zero-order valence-corrected chi connectivity index (χ0v) is 11.3. The first-order chi connectivity index (χ1) is 7.68. The van der Waals surface area contributed by atoms with Crippen LogP contribution >= 0.6 is 7.60 Å². The van der Waals surface area contributed by atoms with Gasteiger partial charge in [-0.3, -0.25) is 0 Å². The summed E-state index contributed by atoms with van der Waals surface area (Å²) in [6.45, 7) is 0.